The van der Waals surface area contributed by atoms with E-state index in [1.165, 1.54) is 18.5 Å². The van der Waals surface area contributed by atoms with Gasteiger partial charge < -0.3 is 19.1 Å². The molecule has 1 aliphatic heterocycles. The summed E-state index contributed by atoms with van der Waals surface area (Å²) in [5, 5.41) is 0. The van der Waals surface area contributed by atoms with Crippen LogP contribution < -0.4 is 19.1 Å². The molecule has 0 aromatic heterocycles. The molecule has 1 fully saturated rings. The number of halogens is 1. The van der Waals surface area contributed by atoms with Gasteiger partial charge in [0.2, 0.25) is 10.0 Å². The fourth-order valence-electron chi connectivity index (χ4n) is 3.17. The van der Waals surface area contributed by atoms with Crippen molar-refractivity contribution >= 4 is 15.7 Å². The summed E-state index contributed by atoms with van der Waals surface area (Å²) >= 11 is 0. The van der Waals surface area contributed by atoms with E-state index in [0.717, 1.165) is 23.6 Å². The first-order valence-corrected chi connectivity index (χ1v) is 10.2. The Hall–Kier alpha value is -2.52. The quantitative estimate of drug-likeness (QED) is 0.728. The summed E-state index contributed by atoms with van der Waals surface area (Å²) in [5.74, 6) is 0.173. The van der Waals surface area contributed by atoms with Gasteiger partial charge in [0.15, 0.2) is 11.5 Å². The van der Waals surface area contributed by atoms with Crippen molar-refractivity contribution in [2.45, 2.75) is 4.90 Å². The highest BCUT2D eigenvalue weighted by Gasteiger charge is 2.32. The molecule has 2 aromatic carbocycles. The number of benzene rings is 2. The molecule has 0 bridgehead atoms. The maximum atomic E-state index is 14.5. The summed E-state index contributed by atoms with van der Waals surface area (Å²) in [7, 11) is 0.340. The molecule has 1 aliphatic rings. The Bertz CT molecular complexity index is 943. The molecule has 28 heavy (non-hydrogen) atoms. The number of anilines is 1. The summed E-state index contributed by atoms with van der Waals surface area (Å²) in [5.41, 5.74) is 0.952. The largest absolute Gasteiger partial charge is 0.497 e. The molecule has 2 aromatic rings. The summed E-state index contributed by atoms with van der Waals surface area (Å²) in [6.07, 6.45) is 0. The minimum Gasteiger partial charge on any atom is -0.497 e. The highest BCUT2D eigenvalue weighted by molar-refractivity contribution is 7.89. The Balaban J connectivity index is 1.80. The first-order valence-electron chi connectivity index (χ1n) is 8.71. The van der Waals surface area contributed by atoms with E-state index in [1.807, 2.05) is 24.3 Å². The zero-order chi connectivity index (χ0) is 20.3. The van der Waals surface area contributed by atoms with E-state index in [-0.39, 0.29) is 24.6 Å². The van der Waals surface area contributed by atoms with Crippen molar-refractivity contribution in [3.63, 3.8) is 0 Å². The average molecular weight is 410 g/mol. The third kappa shape index (κ3) is 3.85. The maximum Gasteiger partial charge on any atom is 0.246 e. The molecule has 0 aliphatic carbocycles. The highest BCUT2D eigenvalue weighted by Crippen LogP contribution is 2.33. The molecule has 0 N–H and O–H groups in total. The van der Waals surface area contributed by atoms with Gasteiger partial charge in [0.05, 0.1) is 21.3 Å². The van der Waals surface area contributed by atoms with Crippen molar-refractivity contribution in [3.05, 3.63) is 42.2 Å². The van der Waals surface area contributed by atoms with Crippen LogP contribution in [0.3, 0.4) is 0 Å². The first-order chi connectivity index (χ1) is 13.4. The Morgan fingerprint density at radius 3 is 2.14 bits per heavy atom. The van der Waals surface area contributed by atoms with E-state index in [4.69, 9.17) is 14.2 Å². The molecular weight excluding hydrogens is 387 g/mol. The minimum absolute atomic E-state index is 0.141. The van der Waals surface area contributed by atoms with E-state index in [0.29, 0.717) is 13.1 Å². The van der Waals surface area contributed by atoms with Crippen molar-refractivity contribution in [1.29, 1.82) is 0 Å². The molecule has 152 valence electrons. The highest BCUT2D eigenvalue weighted by atomic mass is 32.2. The Morgan fingerprint density at radius 1 is 0.893 bits per heavy atom. The molecule has 0 atom stereocenters. The van der Waals surface area contributed by atoms with Gasteiger partial charge in [-0.15, -0.1) is 0 Å². The van der Waals surface area contributed by atoms with Crippen LogP contribution in [0.1, 0.15) is 0 Å². The number of piperazine rings is 1. The zero-order valence-corrected chi connectivity index (χ0v) is 16.8. The minimum atomic E-state index is -4.00. The number of hydrogen-bond donors (Lipinski definition) is 0. The van der Waals surface area contributed by atoms with E-state index >= 15 is 0 Å². The van der Waals surface area contributed by atoms with Crippen LogP contribution in [0.4, 0.5) is 10.1 Å². The fourth-order valence-corrected chi connectivity index (χ4v) is 4.65. The van der Waals surface area contributed by atoms with Crippen LogP contribution in [0.25, 0.3) is 0 Å². The van der Waals surface area contributed by atoms with Crippen molar-refractivity contribution in [2.24, 2.45) is 0 Å². The van der Waals surface area contributed by atoms with Gasteiger partial charge in [-0.2, -0.15) is 4.31 Å². The Morgan fingerprint density at radius 2 is 1.54 bits per heavy atom. The standard InChI is InChI=1S/C19H23FN2O5S/c1-25-15-6-4-5-14(11-15)21-7-9-22(10-8-21)28(23,24)19-13-18(27-3)17(26-2)12-16(19)20/h4-6,11-13H,7-10H2,1-3H3. The second-order valence-electron chi connectivity index (χ2n) is 6.23. The van der Waals surface area contributed by atoms with E-state index in [9.17, 15) is 12.8 Å². The number of nitrogens with zero attached hydrogens (tertiary/aromatic N) is 2. The van der Waals surface area contributed by atoms with E-state index in [1.54, 1.807) is 7.11 Å². The molecule has 0 unspecified atom stereocenters. The van der Waals surface area contributed by atoms with Crippen molar-refractivity contribution in [1.82, 2.24) is 4.31 Å². The Labute approximate surface area is 164 Å². The monoisotopic (exact) mass is 410 g/mol. The molecule has 0 saturated carbocycles. The maximum absolute atomic E-state index is 14.5. The third-order valence-electron chi connectivity index (χ3n) is 4.71. The molecule has 9 heteroatoms. The van der Waals surface area contributed by atoms with Gasteiger partial charge in [-0.05, 0) is 12.1 Å². The number of rotatable bonds is 6. The normalized spacial score (nSPS) is 15.4. The molecule has 1 heterocycles. The molecule has 1 saturated heterocycles. The Kier molecular flexibility index (Phi) is 5.95. The van der Waals surface area contributed by atoms with Gasteiger partial charge in [-0.25, -0.2) is 12.8 Å². The van der Waals surface area contributed by atoms with Crippen LogP contribution >= 0.6 is 0 Å². The zero-order valence-electron chi connectivity index (χ0n) is 16.0. The van der Waals surface area contributed by atoms with Gasteiger partial charge >= 0.3 is 0 Å². The third-order valence-corrected chi connectivity index (χ3v) is 6.63. The van der Waals surface area contributed by atoms with Crippen molar-refractivity contribution in [3.8, 4) is 17.2 Å². The predicted molar refractivity (Wildman–Crippen MR) is 103 cm³/mol. The molecule has 0 amide bonds. The average Bonchev–Trinajstić information content (AvgIpc) is 2.73. The lowest BCUT2D eigenvalue weighted by atomic mass is 10.2. The first kappa shape index (κ1) is 20.2. The molecule has 7 nitrogen and oxygen atoms in total. The van der Waals surface area contributed by atoms with E-state index in [2.05, 4.69) is 4.90 Å². The van der Waals surface area contributed by atoms with Crippen LogP contribution in [0.5, 0.6) is 17.2 Å². The molecule has 0 spiro atoms. The predicted octanol–water partition coefficient (Wildman–Crippen LogP) is 2.36. The van der Waals surface area contributed by atoms with Gasteiger partial charge in [0.25, 0.3) is 0 Å². The lowest BCUT2D eigenvalue weighted by Crippen LogP contribution is -2.48. The van der Waals surface area contributed by atoms with Crippen LogP contribution in [0, 0.1) is 5.82 Å². The van der Waals surface area contributed by atoms with E-state index < -0.39 is 20.7 Å². The van der Waals surface area contributed by atoms with Crippen molar-refractivity contribution < 1.29 is 27.0 Å². The van der Waals surface area contributed by atoms with Crippen LogP contribution in [-0.2, 0) is 10.0 Å². The van der Waals surface area contributed by atoms with Crippen LogP contribution in [0.2, 0.25) is 0 Å². The van der Waals surface area contributed by atoms with Gasteiger partial charge in [0.1, 0.15) is 16.5 Å². The summed E-state index contributed by atoms with van der Waals surface area (Å²) in [6.45, 7) is 1.46. The summed E-state index contributed by atoms with van der Waals surface area (Å²) in [6, 6.07) is 9.77. The fraction of sp³-hybridized carbons (Fsp3) is 0.368. The SMILES string of the molecule is COc1cccc(N2CCN(S(=O)(=O)c3cc(OC)c(OC)cc3F)CC2)c1. The summed E-state index contributed by atoms with van der Waals surface area (Å²) in [4.78, 5) is 1.65. The molecular formula is C19H23FN2O5S. The number of methoxy groups -OCH3 is 3. The number of hydrogen-bond acceptors (Lipinski definition) is 6. The number of ether oxygens (including phenoxy) is 3. The second kappa shape index (κ2) is 8.24. The van der Waals surface area contributed by atoms with Gasteiger partial charge in [-0.3, -0.25) is 0 Å². The topological polar surface area (TPSA) is 68.3 Å². The second-order valence-corrected chi connectivity index (χ2v) is 8.14. The number of sulfonamides is 1. The molecule has 0 radical (unpaired) electrons. The summed E-state index contributed by atoms with van der Waals surface area (Å²) < 4.78 is 57.1. The molecule has 3 rings (SSSR count). The smallest absolute Gasteiger partial charge is 0.246 e. The van der Waals surface area contributed by atoms with Crippen LogP contribution in [-0.4, -0.2) is 60.2 Å². The lowest BCUT2D eigenvalue weighted by molar-refractivity contribution is 0.348. The lowest BCUT2D eigenvalue weighted by Gasteiger charge is -2.35. The van der Waals surface area contributed by atoms with Gasteiger partial charge in [0, 0.05) is 50.1 Å². The van der Waals surface area contributed by atoms with Crippen LogP contribution in [0.15, 0.2) is 41.3 Å². The van der Waals surface area contributed by atoms with Crippen molar-refractivity contribution in [2.75, 3.05) is 52.4 Å². The van der Waals surface area contributed by atoms with Gasteiger partial charge in [-0.1, -0.05) is 6.07 Å².